The Hall–Kier alpha value is -2.43. The summed E-state index contributed by atoms with van der Waals surface area (Å²) >= 11 is 0. The number of hydrogen-bond acceptors (Lipinski definition) is 5. The van der Waals surface area contributed by atoms with Crippen molar-refractivity contribution in [1.29, 1.82) is 0 Å². The Morgan fingerprint density at radius 1 is 1.13 bits per heavy atom. The van der Waals surface area contributed by atoms with Gasteiger partial charge in [-0.1, -0.05) is 35.0 Å². The van der Waals surface area contributed by atoms with Crippen molar-refractivity contribution in [2.24, 2.45) is 0 Å². The molecule has 1 aromatic carbocycles. The third-order valence-electron chi connectivity index (χ3n) is 4.65. The predicted octanol–water partition coefficient (Wildman–Crippen LogP) is 3.97. The number of aromatic nitrogens is 3. The summed E-state index contributed by atoms with van der Waals surface area (Å²) < 4.78 is 5.47. The first-order valence-electron chi connectivity index (χ1n) is 8.18. The molecule has 1 aliphatic rings. The van der Waals surface area contributed by atoms with E-state index in [-0.39, 0.29) is 0 Å². The number of benzene rings is 1. The molecule has 0 amide bonds. The van der Waals surface area contributed by atoms with Gasteiger partial charge in [-0.3, -0.25) is 0 Å². The first kappa shape index (κ1) is 14.2. The molecule has 118 valence electrons. The molecule has 4 rings (SSSR count). The maximum Gasteiger partial charge on any atom is 0.263 e. The molecule has 1 fully saturated rings. The Bertz CT molecular complexity index is 825. The Balaban J connectivity index is 1.88. The van der Waals surface area contributed by atoms with E-state index in [0.29, 0.717) is 11.8 Å². The van der Waals surface area contributed by atoms with Crippen molar-refractivity contribution in [3.05, 3.63) is 36.2 Å². The summed E-state index contributed by atoms with van der Waals surface area (Å²) in [6.07, 6.45) is 5.24. The Morgan fingerprint density at radius 2 is 1.96 bits per heavy atom. The van der Waals surface area contributed by atoms with E-state index < -0.39 is 0 Å². The number of hydrogen-bond donors (Lipinski definition) is 0. The van der Waals surface area contributed by atoms with Gasteiger partial charge in [0.05, 0.1) is 0 Å². The molecule has 0 spiro atoms. The molecule has 1 aliphatic heterocycles. The van der Waals surface area contributed by atoms with Crippen LogP contribution >= 0.6 is 0 Å². The molecule has 1 saturated heterocycles. The van der Waals surface area contributed by atoms with Gasteiger partial charge in [0.2, 0.25) is 0 Å². The highest BCUT2D eigenvalue weighted by Crippen LogP contribution is 2.35. The molecule has 5 nitrogen and oxygen atoms in total. The van der Waals surface area contributed by atoms with E-state index in [0.717, 1.165) is 29.0 Å². The van der Waals surface area contributed by atoms with Crippen LogP contribution < -0.4 is 4.90 Å². The molecule has 23 heavy (non-hydrogen) atoms. The van der Waals surface area contributed by atoms with Gasteiger partial charge in [0.25, 0.3) is 5.71 Å². The van der Waals surface area contributed by atoms with Crippen LogP contribution in [-0.2, 0) is 0 Å². The lowest BCUT2D eigenvalue weighted by atomic mass is 10.0. The first-order valence-corrected chi connectivity index (χ1v) is 8.18. The fraction of sp³-hybridized carbons (Fsp3) is 0.389. The molecule has 0 aliphatic carbocycles. The Labute approximate surface area is 135 Å². The van der Waals surface area contributed by atoms with E-state index in [1.165, 1.54) is 24.8 Å². The molecular formula is C18H20N4O. The third kappa shape index (κ3) is 2.46. The minimum Gasteiger partial charge on any atom is -0.353 e. The van der Waals surface area contributed by atoms with Crippen LogP contribution in [0.25, 0.3) is 22.4 Å². The van der Waals surface area contributed by atoms with E-state index in [2.05, 4.69) is 58.1 Å². The lowest BCUT2D eigenvalue weighted by molar-refractivity contribution is 0.451. The molecule has 0 unspecified atom stereocenters. The predicted molar refractivity (Wildman–Crippen MR) is 90.4 cm³/mol. The van der Waals surface area contributed by atoms with Crippen molar-refractivity contribution in [2.45, 2.75) is 39.2 Å². The molecular weight excluding hydrogens is 288 g/mol. The van der Waals surface area contributed by atoms with Gasteiger partial charge in [0.15, 0.2) is 0 Å². The average Bonchev–Trinajstić information content (AvgIpc) is 3.00. The largest absolute Gasteiger partial charge is 0.353 e. The van der Waals surface area contributed by atoms with Crippen LogP contribution in [0.15, 0.2) is 35.1 Å². The SMILES string of the molecule is Cc1ccc(-c2noc3ncnc(N4CCCC[C@H]4C)c23)cc1. The standard InChI is InChI=1S/C18H20N4O/c1-12-6-8-14(9-7-12)16-15-17(19-11-20-18(15)23-21-16)22-10-4-3-5-13(22)2/h6-9,11,13H,3-5,10H2,1-2H3/t13-/m1/s1. The third-order valence-corrected chi connectivity index (χ3v) is 4.65. The number of nitrogens with zero attached hydrogens (tertiary/aromatic N) is 4. The van der Waals surface area contributed by atoms with Crippen molar-refractivity contribution < 1.29 is 4.52 Å². The summed E-state index contributed by atoms with van der Waals surface area (Å²) in [4.78, 5) is 11.2. The monoisotopic (exact) mass is 308 g/mol. The van der Waals surface area contributed by atoms with Gasteiger partial charge >= 0.3 is 0 Å². The minimum atomic E-state index is 0.475. The first-order chi connectivity index (χ1) is 11.2. The summed E-state index contributed by atoms with van der Waals surface area (Å²) in [7, 11) is 0. The van der Waals surface area contributed by atoms with Crippen LogP contribution in [0.2, 0.25) is 0 Å². The molecule has 3 heterocycles. The van der Waals surface area contributed by atoms with Gasteiger partial charge in [-0.25, -0.2) is 4.98 Å². The zero-order chi connectivity index (χ0) is 15.8. The second-order valence-electron chi connectivity index (χ2n) is 6.31. The molecule has 5 heteroatoms. The summed E-state index contributed by atoms with van der Waals surface area (Å²) in [5.74, 6) is 0.944. The highest BCUT2D eigenvalue weighted by molar-refractivity contribution is 5.98. The zero-order valence-electron chi connectivity index (χ0n) is 13.5. The van der Waals surface area contributed by atoms with Crippen molar-refractivity contribution in [1.82, 2.24) is 15.1 Å². The summed E-state index contributed by atoms with van der Waals surface area (Å²) in [5, 5.41) is 5.19. The van der Waals surface area contributed by atoms with E-state index in [1.54, 1.807) is 6.33 Å². The number of fused-ring (bicyclic) bond motifs is 1. The molecule has 0 radical (unpaired) electrons. The van der Waals surface area contributed by atoms with E-state index >= 15 is 0 Å². The van der Waals surface area contributed by atoms with Crippen LogP contribution in [0.5, 0.6) is 0 Å². The number of rotatable bonds is 2. The van der Waals surface area contributed by atoms with Crippen molar-refractivity contribution in [3.63, 3.8) is 0 Å². The minimum absolute atomic E-state index is 0.475. The number of aryl methyl sites for hydroxylation is 1. The summed E-state index contributed by atoms with van der Waals surface area (Å²) in [6, 6.07) is 8.79. The normalized spacial score (nSPS) is 18.5. The van der Waals surface area contributed by atoms with E-state index in [9.17, 15) is 0 Å². The summed E-state index contributed by atoms with van der Waals surface area (Å²) in [6.45, 7) is 5.35. The topological polar surface area (TPSA) is 55.1 Å². The van der Waals surface area contributed by atoms with Gasteiger partial charge in [-0.2, -0.15) is 4.98 Å². The van der Waals surface area contributed by atoms with E-state index in [4.69, 9.17) is 4.52 Å². The lowest BCUT2D eigenvalue weighted by Crippen LogP contribution is -2.38. The van der Waals surface area contributed by atoms with Gasteiger partial charge in [-0.05, 0) is 33.1 Å². The van der Waals surface area contributed by atoms with Crippen molar-refractivity contribution >= 4 is 16.9 Å². The molecule has 0 N–H and O–H groups in total. The highest BCUT2D eigenvalue weighted by Gasteiger charge is 2.25. The highest BCUT2D eigenvalue weighted by atomic mass is 16.5. The molecule has 0 bridgehead atoms. The second-order valence-corrected chi connectivity index (χ2v) is 6.31. The van der Waals surface area contributed by atoms with Gasteiger partial charge in [-0.15, -0.1) is 0 Å². The Kier molecular flexibility index (Phi) is 3.48. The van der Waals surface area contributed by atoms with Crippen LogP contribution in [0.3, 0.4) is 0 Å². The van der Waals surface area contributed by atoms with Crippen LogP contribution in [-0.4, -0.2) is 27.7 Å². The molecule has 2 aromatic heterocycles. The summed E-state index contributed by atoms with van der Waals surface area (Å²) in [5.41, 5.74) is 3.65. The zero-order valence-corrected chi connectivity index (χ0v) is 13.5. The number of piperidine rings is 1. The van der Waals surface area contributed by atoms with Crippen molar-refractivity contribution in [3.8, 4) is 11.3 Å². The Morgan fingerprint density at radius 3 is 2.74 bits per heavy atom. The van der Waals surface area contributed by atoms with E-state index in [1.807, 2.05) is 0 Å². The number of anilines is 1. The van der Waals surface area contributed by atoms with Crippen LogP contribution in [0, 0.1) is 6.92 Å². The van der Waals surface area contributed by atoms with Gasteiger partial charge in [0.1, 0.15) is 23.2 Å². The molecule has 0 saturated carbocycles. The van der Waals surface area contributed by atoms with Gasteiger partial charge < -0.3 is 9.42 Å². The maximum absolute atomic E-state index is 5.47. The van der Waals surface area contributed by atoms with Crippen LogP contribution in [0.4, 0.5) is 5.82 Å². The quantitative estimate of drug-likeness (QED) is 0.717. The molecule has 1 atom stereocenters. The second kappa shape index (κ2) is 5.65. The smallest absolute Gasteiger partial charge is 0.263 e. The van der Waals surface area contributed by atoms with Crippen LogP contribution in [0.1, 0.15) is 31.7 Å². The molecule has 3 aromatic rings. The van der Waals surface area contributed by atoms with Gasteiger partial charge in [0, 0.05) is 18.2 Å². The fourth-order valence-corrected chi connectivity index (χ4v) is 3.31. The maximum atomic E-state index is 5.47. The van der Waals surface area contributed by atoms with Crippen molar-refractivity contribution in [2.75, 3.05) is 11.4 Å². The average molecular weight is 308 g/mol. The fourth-order valence-electron chi connectivity index (χ4n) is 3.31. The lowest BCUT2D eigenvalue weighted by Gasteiger charge is -2.34.